The first-order valence-electron chi connectivity index (χ1n) is 3.25. The Balaban J connectivity index is 3.21. The second kappa shape index (κ2) is 3.71. The van der Waals surface area contributed by atoms with Gasteiger partial charge in [0.1, 0.15) is 0 Å². The molecular formula is C7H8INO2S. The lowest BCUT2D eigenvalue weighted by Gasteiger charge is -2.01. The van der Waals surface area contributed by atoms with Crippen LogP contribution >= 0.6 is 22.6 Å². The van der Waals surface area contributed by atoms with Gasteiger partial charge in [-0.2, -0.15) is 0 Å². The number of nitrogens with one attached hydrogen (secondary N) is 1. The van der Waals surface area contributed by atoms with E-state index in [9.17, 15) is 8.42 Å². The highest BCUT2D eigenvalue weighted by Gasteiger charge is 2.09. The summed E-state index contributed by atoms with van der Waals surface area (Å²) in [5.41, 5.74) is 0. The fourth-order valence-electron chi connectivity index (χ4n) is 0.752. The third-order valence-electron chi connectivity index (χ3n) is 1.38. The van der Waals surface area contributed by atoms with Crippen molar-refractivity contribution in [2.45, 2.75) is 4.90 Å². The zero-order valence-corrected chi connectivity index (χ0v) is 9.39. The minimum absolute atomic E-state index is 0.303. The minimum Gasteiger partial charge on any atom is -0.214 e. The Labute approximate surface area is 85.4 Å². The van der Waals surface area contributed by atoms with E-state index in [0.717, 1.165) is 3.57 Å². The van der Waals surface area contributed by atoms with Gasteiger partial charge in [-0.3, -0.25) is 0 Å². The van der Waals surface area contributed by atoms with Crippen molar-refractivity contribution in [1.29, 1.82) is 0 Å². The quantitative estimate of drug-likeness (QED) is 0.834. The molecule has 0 spiro atoms. The molecule has 0 aromatic heterocycles. The average molecular weight is 297 g/mol. The summed E-state index contributed by atoms with van der Waals surface area (Å²) < 4.78 is 25.6. The van der Waals surface area contributed by atoms with Crippen LogP contribution < -0.4 is 4.72 Å². The van der Waals surface area contributed by atoms with Gasteiger partial charge in [0, 0.05) is 3.57 Å². The van der Waals surface area contributed by atoms with E-state index in [-0.39, 0.29) is 0 Å². The summed E-state index contributed by atoms with van der Waals surface area (Å²) in [5, 5.41) is 0. The van der Waals surface area contributed by atoms with Gasteiger partial charge in [0.05, 0.1) is 4.90 Å². The van der Waals surface area contributed by atoms with Crippen LogP contribution in [0, 0.1) is 3.57 Å². The highest BCUT2D eigenvalue weighted by molar-refractivity contribution is 14.1. The van der Waals surface area contributed by atoms with Crippen molar-refractivity contribution in [1.82, 2.24) is 4.72 Å². The smallest absolute Gasteiger partial charge is 0.214 e. The van der Waals surface area contributed by atoms with Crippen molar-refractivity contribution in [2.24, 2.45) is 0 Å². The second-order valence-corrected chi connectivity index (χ2v) is 5.30. The predicted molar refractivity (Wildman–Crippen MR) is 55.4 cm³/mol. The van der Waals surface area contributed by atoms with Crippen molar-refractivity contribution in [3.05, 3.63) is 27.8 Å². The van der Waals surface area contributed by atoms with Crippen LogP contribution in [0.5, 0.6) is 0 Å². The molecular weight excluding hydrogens is 289 g/mol. The van der Waals surface area contributed by atoms with Gasteiger partial charge in [-0.25, -0.2) is 13.1 Å². The average Bonchev–Trinajstić information content (AvgIpc) is 2.05. The summed E-state index contributed by atoms with van der Waals surface area (Å²) in [6, 6.07) is 6.74. The number of halogens is 1. The standard InChI is InChI=1S/C7H8INO2S/c1-9-12(10,11)7-4-2-3-6(8)5-7/h2-5,9H,1H3. The first-order chi connectivity index (χ1) is 5.56. The molecule has 66 valence electrons. The van der Waals surface area contributed by atoms with Crippen molar-refractivity contribution in [2.75, 3.05) is 7.05 Å². The van der Waals surface area contributed by atoms with Crippen molar-refractivity contribution in [3.8, 4) is 0 Å². The Morgan fingerprint density at radius 3 is 2.58 bits per heavy atom. The van der Waals surface area contributed by atoms with Crippen molar-refractivity contribution in [3.63, 3.8) is 0 Å². The molecule has 0 atom stereocenters. The summed E-state index contributed by atoms with van der Waals surface area (Å²) >= 11 is 2.07. The fourth-order valence-corrected chi connectivity index (χ4v) is 2.28. The van der Waals surface area contributed by atoms with E-state index in [2.05, 4.69) is 27.3 Å². The van der Waals surface area contributed by atoms with E-state index in [4.69, 9.17) is 0 Å². The number of hydrogen-bond acceptors (Lipinski definition) is 2. The Morgan fingerprint density at radius 1 is 1.42 bits per heavy atom. The van der Waals surface area contributed by atoms with E-state index < -0.39 is 10.0 Å². The summed E-state index contributed by atoms with van der Waals surface area (Å²) in [6.45, 7) is 0. The molecule has 0 saturated heterocycles. The van der Waals surface area contributed by atoms with Crippen LogP contribution in [-0.4, -0.2) is 15.5 Å². The number of rotatable bonds is 2. The van der Waals surface area contributed by atoms with Gasteiger partial charge >= 0.3 is 0 Å². The minimum atomic E-state index is -3.28. The summed E-state index contributed by atoms with van der Waals surface area (Å²) in [4.78, 5) is 0.303. The molecule has 5 heteroatoms. The fraction of sp³-hybridized carbons (Fsp3) is 0.143. The molecule has 0 aliphatic rings. The van der Waals surface area contributed by atoms with Crippen LogP contribution in [0.4, 0.5) is 0 Å². The third kappa shape index (κ3) is 2.18. The Morgan fingerprint density at radius 2 is 2.08 bits per heavy atom. The van der Waals surface area contributed by atoms with Gasteiger partial charge in [-0.15, -0.1) is 0 Å². The lowest BCUT2D eigenvalue weighted by atomic mass is 10.4. The molecule has 0 aliphatic carbocycles. The van der Waals surface area contributed by atoms with Crippen LogP contribution in [0.1, 0.15) is 0 Å². The predicted octanol–water partition coefficient (Wildman–Crippen LogP) is 1.20. The lowest BCUT2D eigenvalue weighted by Crippen LogP contribution is -2.18. The first-order valence-corrected chi connectivity index (χ1v) is 5.81. The van der Waals surface area contributed by atoms with Crippen LogP contribution in [0.2, 0.25) is 0 Å². The summed E-state index contributed by atoms with van der Waals surface area (Å²) in [7, 11) is -1.88. The lowest BCUT2D eigenvalue weighted by molar-refractivity contribution is 0.588. The molecule has 0 unspecified atom stereocenters. The molecule has 12 heavy (non-hydrogen) atoms. The molecule has 1 rings (SSSR count). The monoisotopic (exact) mass is 297 g/mol. The molecule has 0 saturated carbocycles. The van der Waals surface area contributed by atoms with Crippen LogP contribution in [0.25, 0.3) is 0 Å². The van der Waals surface area contributed by atoms with Crippen molar-refractivity contribution >= 4 is 32.6 Å². The number of hydrogen-bond donors (Lipinski definition) is 1. The highest BCUT2D eigenvalue weighted by atomic mass is 127. The van der Waals surface area contributed by atoms with Crippen LogP contribution in [-0.2, 0) is 10.0 Å². The molecule has 0 aliphatic heterocycles. The van der Waals surface area contributed by atoms with E-state index in [1.807, 2.05) is 6.07 Å². The van der Waals surface area contributed by atoms with E-state index in [1.54, 1.807) is 18.2 Å². The summed E-state index contributed by atoms with van der Waals surface area (Å²) in [5.74, 6) is 0. The highest BCUT2D eigenvalue weighted by Crippen LogP contribution is 2.12. The maximum atomic E-state index is 11.2. The second-order valence-electron chi connectivity index (χ2n) is 2.16. The maximum Gasteiger partial charge on any atom is 0.240 e. The third-order valence-corrected chi connectivity index (χ3v) is 3.46. The topological polar surface area (TPSA) is 46.2 Å². The van der Waals surface area contributed by atoms with E-state index in [0.29, 0.717) is 4.90 Å². The molecule has 1 N–H and O–H groups in total. The normalized spacial score (nSPS) is 11.5. The molecule has 0 radical (unpaired) electrons. The van der Waals surface area contributed by atoms with E-state index >= 15 is 0 Å². The van der Waals surface area contributed by atoms with Crippen LogP contribution in [0.3, 0.4) is 0 Å². The van der Waals surface area contributed by atoms with Gasteiger partial charge in [0.25, 0.3) is 0 Å². The molecule has 3 nitrogen and oxygen atoms in total. The van der Waals surface area contributed by atoms with Gasteiger partial charge in [-0.1, -0.05) is 6.07 Å². The molecule has 0 heterocycles. The molecule has 0 fully saturated rings. The van der Waals surface area contributed by atoms with Gasteiger partial charge in [0.2, 0.25) is 10.0 Å². The summed E-state index contributed by atoms with van der Waals surface area (Å²) in [6.07, 6.45) is 0. The molecule has 0 amide bonds. The molecule has 0 bridgehead atoms. The van der Waals surface area contributed by atoms with Gasteiger partial charge in [-0.05, 0) is 47.8 Å². The van der Waals surface area contributed by atoms with Gasteiger partial charge < -0.3 is 0 Å². The van der Waals surface area contributed by atoms with Gasteiger partial charge in [0.15, 0.2) is 0 Å². The Bertz CT molecular complexity index is 375. The van der Waals surface area contributed by atoms with Crippen LogP contribution in [0.15, 0.2) is 29.2 Å². The SMILES string of the molecule is CNS(=O)(=O)c1cccc(I)c1. The first kappa shape index (κ1) is 9.94. The zero-order chi connectivity index (χ0) is 9.19. The Kier molecular flexibility index (Phi) is 3.08. The van der Waals surface area contributed by atoms with Crippen molar-refractivity contribution < 1.29 is 8.42 Å². The largest absolute Gasteiger partial charge is 0.240 e. The maximum absolute atomic E-state index is 11.2. The molecule has 1 aromatic carbocycles. The molecule has 1 aromatic rings. The number of sulfonamides is 1. The number of benzene rings is 1. The Hall–Kier alpha value is -0.140. The zero-order valence-electron chi connectivity index (χ0n) is 6.41. The van der Waals surface area contributed by atoms with E-state index in [1.165, 1.54) is 7.05 Å².